The predicted molar refractivity (Wildman–Crippen MR) is 86.2 cm³/mol. The van der Waals surface area contributed by atoms with Crippen LogP contribution in [-0.2, 0) is 11.3 Å². The second kappa shape index (κ2) is 7.78. The SMILES string of the molecule is C[C@@H](N)C(=O)NCC1CCCCN1Cc1cccc(Cl)c1. The number of hydrogen-bond acceptors (Lipinski definition) is 3. The van der Waals surface area contributed by atoms with Gasteiger partial charge in [0.05, 0.1) is 6.04 Å². The molecule has 3 N–H and O–H groups in total. The highest BCUT2D eigenvalue weighted by Crippen LogP contribution is 2.20. The molecule has 1 saturated heterocycles. The number of likely N-dealkylation sites (tertiary alicyclic amines) is 1. The Hall–Kier alpha value is -1.10. The molecule has 116 valence electrons. The van der Waals surface area contributed by atoms with Crippen LogP contribution in [0.15, 0.2) is 24.3 Å². The van der Waals surface area contributed by atoms with Crippen LogP contribution < -0.4 is 11.1 Å². The molecule has 1 fully saturated rings. The summed E-state index contributed by atoms with van der Waals surface area (Å²) >= 11 is 6.05. The number of halogens is 1. The van der Waals surface area contributed by atoms with Gasteiger partial charge in [0.1, 0.15) is 0 Å². The molecule has 0 aromatic heterocycles. The van der Waals surface area contributed by atoms with Crippen LogP contribution >= 0.6 is 11.6 Å². The Morgan fingerprint density at radius 3 is 3.05 bits per heavy atom. The number of benzene rings is 1. The molecule has 5 heteroatoms. The van der Waals surface area contributed by atoms with Crippen molar-refractivity contribution in [1.29, 1.82) is 0 Å². The van der Waals surface area contributed by atoms with E-state index in [4.69, 9.17) is 17.3 Å². The van der Waals surface area contributed by atoms with Crippen LogP contribution in [0.25, 0.3) is 0 Å². The van der Waals surface area contributed by atoms with Gasteiger partial charge < -0.3 is 11.1 Å². The standard InChI is InChI=1S/C16H24ClN3O/c1-12(18)16(21)19-10-15-7-2-3-8-20(15)11-13-5-4-6-14(17)9-13/h4-6,9,12,15H,2-3,7-8,10-11,18H2,1H3,(H,19,21)/t12-,15?/m1/s1. The summed E-state index contributed by atoms with van der Waals surface area (Å²) in [5, 5.41) is 3.72. The monoisotopic (exact) mass is 309 g/mol. The smallest absolute Gasteiger partial charge is 0.236 e. The van der Waals surface area contributed by atoms with Gasteiger partial charge in [0, 0.05) is 24.2 Å². The number of piperidine rings is 1. The summed E-state index contributed by atoms with van der Waals surface area (Å²) in [7, 11) is 0. The highest BCUT2D eigenvalue weighted by atomic mass is 35.5. The van der Waals surface area contributed by atoms with E-state index in [0.717, 1.165) is 24.5 Å². The Balaban J connectivity index is 1.94. The van der Waals surface area contributed by atoms with E-state index < -0.39 is 6.04 Å². The molecule has 0 spiro atoms. The number of nitrogens with one attached hydrogen (secondary N) is 1. The van der Waals surface area contributed by atoms with Crippen LogP contribution in [0.1, 0.15) is 31.7 Å². The molecule has 1 aliphatic heterocycles. The third kappa shape index (κ3) is 4.99. The molecule has 1 aromatic carbocycles. The summed E-state index contributed by atoms with van der Waals surface area (Å²) in [6, 6.07) is 7.90. The van der Waals surface area contributed by atoms with Gasteiger partial charge in [0.2, 0.25) is 5.91 Å². The summed E-state index contributed by atoms with van der Waals surface area (Å²) in [5.41, 5.74) is 6.80. The molecule has 2 atom stereocenters. The summed E-state index contributed by atoms with van der Waals surface area (Å²) in [5.74, 6) is -0.0803. The molecule has 4 nitrogen and oxygen atoms in total. The van der Waals surface area contributed by atoms with E-state index in [9.17, 15) is 4.79 Å². The average molecular weight is 310 g/mol. The topological polar surface area (TPSA) is 58.4 Å². The average Bonchev–Trinajstić information content (AvgIpc) is 2.46. The molecule has 21 heavy (non-hydrogen) atoms. The lowest BCUT2D eigenvalue weighted by Gasteiger charge is -2.36. The number of carbonyl (C=O) groups is 1. The number of rotatable bonds is 5. The lowest BCUT2D eigenvalue weighted by Crippen LogP contribution is -2.48. The van der Waals surface area contributed by atoms with E-state index in [1.807, 2.05) is 18.2 Å². The molecule has 1 aromatic rings. The van der Waals surface area contributed by atoms with E-state index in [2.05, 4.69) is 16.3 Å². The Bertz CT molecular complexity index is 478. The summed E-state index contributed by atoms with van der Waals surface area (Å²) in [6.07, 6.45) is 3.53. The van der Waals surface area contributed by atoms with E-state index >= 15 is 0 Å². The van der Waals surface area contributed by atoms with Crippen LogP contribution in [0.3, 0.4) is 0 Å². The maximum Gasteiger partial charge on any atom is 0.236 e. The molecule has 1 heterocycles. The molecule has 1 aliphatic rings. The Morgan fingerprint density at radius 2 is 2.33 bits per heavy atom. The third-order valence-corrected chi connectivity index (χ3v) is 4.18. The van der Waals surface area contributed by atoms with Crippen molar-refractivity contribution in [2.45, 2.75) is 44.8 Å². The minimum atomic E-state index is -0.449. The maximum atomic E-state index is 11.6. The minimum Gasteiger partial charge on any atom is -0.353 e. The third-order valence-electron chi connectivity index (χ3n) is 3.95. The maximum absolute atomic E-state index is 11.6. The zero-order valence-electron chi connectivity index (χ0n) is 12.5. The molecule has 0 bridgehead atoms. The van der Waals surface area contributed by atoms with Crippen LogP contribution in [0.2, 0.25) is 5.02 Å². The molecule has 0 saturated carbocycles. The van der Waals surface area contributed by atoms with Crippen molar-refractivity contribution >= 4 is 17.5 Å². The predicted octanol–water partition coefficient (Wildman–Crippen LogP) is 2.16. The van der Waals surface area contributed by atoms with Crippen molar-refractivity contribution in [2.75, 3.05) is 13.1 Å². The first-order valence-corrected chi connectivity index (χ1v) is 7.96. The Kier molecular flexibility index (Phi) is 6.03. The van der Waals surface area contributed by atoms with Crippen molar-refractivity contribution in [2.24, 2.45) is 5.73 Å². The fraction of sp³-hybridized carbons (Fsp3) is 0.562. The fourth-order valence-corrected chi connectivity index (χ4v) is 2.96. The van der Waals surface area contributed by atoms with Crippen LogP contribution in [-0.4, -0.2) is 36.0 Å². The van der Waals surface area contributed by atoms with E-state index in [1.54, 1.807) is 6.92 Å². The first-order chi connectivity index (χ1) is 10.1. The van der Waals surface area contributed by atoms with Gasteiger partial charge in [0.15, 0.2) is 0 Å². The van der Waals surface area contributed by atoms with Gasteiger partial charge in [-0.25, -0.2) is 0 Å². The fourth-order valence-electron chi connectivity index (χ4n) is 2.75. The molecule has 1 unspecified atom stereocenters. The van der Waals surface area contributed by atoms with Crippen molar-refractivity contribution in [3.63, 3.8) is 0 Å². The van der Waals surface area contributed by atoms with Gasteiger partial charge in [-0.2, -0.15) is 0 Å². The molecule has 1 amide bonds. The number of nitrogens with zero attached hydrogens (tertiary/aromatic N) is 1. The molecule has 0 aliphatic carbocycles. The van der Waals surface area contributed by atoms with Crippen LogP contribution in [0.5, 0.6) is 0 Å². The molecule has 0 radical (unpaired) electrons. The molecule has 2 rings (SSSR count). The van der Waals surface area contributed by atoms with Crippen LogP contribution in [0.4, 0.5) is 0 Å². The number of hydrogen-bond donors (Lipinski definition) is 2. The molecular formula is C16H24ClN3O. The van der Waals surface area contributed by atoms with Gasteiger partial charge in [-0.1, -0.05) is 30.2 Å². The van der Waals surface area contributed by atoms with E-state index in [-0.39, 0.29) is 5.91 Å². The van der Waals surface area contributed by atoms with E-state index in [1.165, 1.54) is 18.4 Å². The Labute approximate surface area is 131 Å². The number of amides is 1. The highest BCUT2D eigenvalue weighted by molar-refractivity contribution is 6.30. The Morgan fingerprint density at radius 1 is 1.52 bits per heavy atom. The van der Waals surface area contributed by atoms with Crippen molar-refractivity contribution in [1.82, 2.24) is 10.2 Å². The van der Waals surface area contributed by atoms with Crippen molar-refractivity contribution < 1.29 is 4.79 Å². The largest absolute Gasteiger partial charge is 0.353 e. The van der Waals surface area contributed by atoms with Crippen molar-refractivity contribution in [3.8, 4) is 0 Å². The van der Waals surface area contributed by atoms with Gasteiger partial charge in [-0.3, -0.25) is 9.69 Å². The van der Waals surface area contributed by atoms with Gasteiger partial charge >= 0.3 is 0 Å². The first-order valence-electron chi connectivity index (χ1n) is 7.58. The molecular weight excluding hydrogens is 286 g/mol. The first kappa shape index (κ1) is 16.3. The normalized spacial score (nSPS) is 21.0. The van der Waals surface area contributed by atoms with Gasteiger partial charge in [0.25, 0.3) is 0 Å². The summed E-state index contributed by atoms with van der Waals surface area (Å²) in [4.78, 5) is 14.1. The number of nitrogens with two attached hydrogens (primary N) is 1. The van der Waals surface area contributed by atoms with Crippen LogP contribution in [0, 0.1) is 0 Å². The second-order valence-electron chi connectivity index (χ2n) is 5.78. The zero-order valence-corrected chi connectivity index (χ0v) is 13.3. The zero-order chi connectivity index (χ0) is 15.2. The minimum absolute atomic E-state index is 0.0803. The van der Waals surface area contributed by atoms with Gasteiger partial charge in [-0.15, -0.1) is 0 Å². The quantitative estimate of drug-likeness (QED) is 0.876. The lowest BCUT2D eigenvalue weighted by molar-refractivity contribution is -0.122. The summed E-state index contributed by atoms with van der Waals surface area (Å²) < 4.78 is 0. The summed E-state index contributed by atoms with van der Waals surface area (Å²) in [6.45, 7) is 4.31. The highest BCUT2D eigenvalue weighted by Gasteiger charge is 2.23. The van der Waals surface area contributed by atoms with Gasteiger partial charge in [-0.05, 0) is 44.0 Å². The number of carbonyl (C=O) groups excluding carboxylic acids is 1. The van der Waals surface area contributed by atoms with Crippen molar-refractivity contribution in [3.05, 3.63) is 34.9 Å². The lowest BCUT2D eigenvalue weighted by atomic mass is 10.0. The second-order valence-corrected chi connectivity index (χ2v) is 6.22. The van der Waals surface area contributed by atoms with E-state index in [0.29, 0.717) is 12.6 Å².